The zero-order valence-corrected chi connectivity index (χ0v) is 11.8. The van der Waals surface area contributed by atoms with Crippen LogP contribution >= 0.6 is 10.7 Å². The Bertz CT molecular complexity index is 613. The van der Waals surface area contributed by atoms with Crippen LogP contribution in [0.1, 0.15) is 29.6 Å². The standard InChI is InChI=1S/C12H13ClFNO3S/c1-15(10-3-2-4-10)12(16)8-5-9(14)7-11(6-8)19(13,17)18/h5-7,10H,2-4H2,1H3. The van der Waals surface area contributed by atoms with Crippen LogP contribution in [-0.2, 0) is 9.05 Å². The first-order chi connectivity index (χ1) is 8.79. The van der Waals surface area contributed by atoms with E-state index in [9.17, 15) is 17.6 Å². The number of nitrogens with zero attached hydrogens (tertiary/aromatic N) is 1. The molecule has 2 rings (SSSR count). The topological polar surface area (TPSA) is 54.5 Å². The second kappa shape index (κ2) is 5.09. The van der Waals surface area contributed by atoms with Crippen LogP contribution in [0, 0.1) is 5.82 Å². The molecule has 0 atom stereocenters. The van der Waals surface area contributed by atoms with Gasteiger partial charge in [0.15, 0.2) is 0 Å². The second-order valence-electron chi connectivity index (χ2n) is 4.61. The second-order valence-corrected chi connectivity index (χ2v) is 7.18. The molecule has 104 valence electrons. The Hall–Kier alpha value is -1.14. The van der Waals surface area contributed by atoms with E-state index in [1.165, 1.54) is 4.90 Å². The molecule has 0 unspecified atom stereocenters. The van der Waals surface area contributed by atoms with E-state index >= 15 is 0 Å². The van der Waals surface area contributed by atoms with Crippen molar-refractivity contribution in [3.8, 4) is 0 Å². The van der Waals surface area contributed by atoms with Crippen molar-refractivity contribution >= 4 is 25.6 Å². The summed E-state index contributed by atoms with van der Waals surface area (Å²) in [6.45, 7) is 0. The molecule has 1 amide bonds. The molecule has 1 saturated carbocycles. The predicted molar refractivity (Wildman–Crippen MR) is 69.2 cm³/mol. The van der Waals surface area contributed by atoms with Crippen molar-refractivity contribution < 1.29 is 17.6 Å². The highest BCUT2D eigenvalue weighted by atomic mass is 35.7. The van der Waals surface area contributed by atoms with Crippen LogP contribution in [0.3, 0.4) is 0 Å². The highest BCUT2D eigenvalue weighted by Gasteiger charge is 2.27. The number of halogens is 2. The third-order valence-electron chi connectivity index (χ3n) is 3.34. The van der Waals surface area contributed by atoms with Gasteiger partial charge in [0.2, 0.25) is 0 Å². The van der Waals surface area contributed by atoms with Crippen LogP contribution in [0.25, 0.3) is 0 Å². The Balaban J connectivity index is 2.34. The van der Waals surface area contributed by atoms with E-state index in [0.717, 1.165) is 37.5 Å². The molecule has 1 aliphatic rings. The van der Waals surface area contributed by atoms with Crippen LogP contribution in [-0.4, -0.2) is 32.3 Å². The Morgan fingerprint density at radius 2 is 2.00 bits per heavy atom. The van der Waals surface area contributed by atoms with Crippen LogP contribution in [0.15, 0.2) is 23.1 Å². The molecule has 19 heavy (non-hydrogen) atoms. The lowest BCUT2D eigenvalue weighted by molar-refractivity contribution is 0.0651. The van der Waals surface area contributed by atoms with E-state index in [2.05, 4.69) is 0 Å². The molecule has 0 saturated heterocycles. The highest BCUT2D eigenvalue weighted by molar-refractivity contribution is 8.13. The maximum absolute atomic E-state index is 13.4. The van der Waals surface area contributed by atoms with Crippen molar-refractivity contribution in [2.75, 3.05) is 7.05 Å². The Morgan fingerprint density at radius 3 is 2.47 bits per heavy atom. The Kier molecular flexibility index (Phi) is 3.82. The van der Waals surface area contributed by atoms with Crippen molar-refractivity contribution in [3.05, 3.63) is 29.6 Å². The summed E-state index contributed by atoms with van der Waals surface area (Å²) in [6.07, 6.45) is 2.89. The number of benzene rings is 1. The first-order valence-corrected chi connectivity index (χ1v) is 8.12. The minimum Gasteiger partial charge on any atom is -0.339 e. The fraction of sp³-hybridized carbons (Fsp3) is 0.417. The summed E-state index contributed by atoms with van der Waals surface area (Å²) < 4.78 is 35.8. The number of rotatable bonds is 3. The molecule has 0 heterocycles. The lowest BCUT2D eigenvalue weighted by atomic mass is 9.91. The van der Waals surface area contributed by atoms with Gasteiger partial charge in [0.1, 0.15) is 5.82 Å². The van der Waals surface area contributed by atoms with Crippen LogP contribution in [0.4, 0.5) is 4.39 Å². The van der Waals surface area contributed by atoms with Crippen molar-refractivity contribution in [1.29, 1.82) is 0 Å². The number of hydrogen-bond donors (Lipinski definition) is 0. The summed E-state index contributed by atoms with van der Waals surface area (Å²) in [4.78, 5) is 13.2. The third-order valence-corrected chi connectivity index (χ3v) is 4.68. The van der Waals surface area contributed by atoms with Gasteiger partial charge in [0.05, 0.1) is 4.90 Å². The number of hydrogen-bond acceptors (Lipinski definition) is 3. The van der Waals surface area contributed by atoms with Gasteiger partial charge in [-0.2, -0.15) is 0 Å². The Labute approximate surface area is 115 Å². The van der Waals surface area contributed by atoms with E-state index < -0.39 is 25.7 Å². The van der Waals surface area contributed by atoms with Crippen molar-refractivity contribution in [2.45, 2.75) is 30.2 Å². The van der Waals surface area contributed by atoms with E-state index in [-0.39, 0.29) is 11.6 Å². The minimum atomic E-state index is -4.06. The average molecular weight is 306 g/mol. The van der Waals surface area contributed by atoms with E-state index in [0.29, 0.717) is 0 Å². The summed E-state index contributed by atoms with van der Waals surface area (Å²) in [7, 11) is 2.74. The third kappa shape index (κ3) is 3.06. The fourth-order valence-electron chi connectivity index (χ4n) is 1.97. The monoisotopic (exact) mass is 305 g/mol. The smallest absolute Gasteiger partial charge is 0.261 e. The normalized spacial score (nSPS) is 15.9. The molecule has 0 radical (unpaired) electrons. The zero-order chi connectivity index (χ0) is 14.2. The SMILES string of the molecule is CN(C(=O)c1cc(F)cc(S(=O)(=O)Cl)c1)C1CCC1. The average Bonchev–Trinajstić information content (AvgIpc) is 2.23. The summed E-state index contributed by atoms with van der Waals surface area (Å²) in [6, 6.07) is 3.06. The molecule has 0 bridgehead atoms. The number of carbonyl (C=O) groups is 1. The van der Waals surface area contributed by atoms with Gasteiger partial charge in [-0.05, 0) is 37.5 Å². The molecule has 1 aromatic carbocycles. The van der Waals surface area contributed by atoms with Gasteiger partial charge in [0.25, 0.3) is 15.0 Å². The number of amides is 1. The Morgan fingerprint density at radius 1 is 1.37 bits per heavy atom. The maximum atomic E-state index is 13.4. The summed E-state index contributed by atoms with van der Waals surface area (Å²) >= 11 is 0. The van der Waals surface area contributed by atoms with Gasteiger partial charge in [-0.1, -0.05) is 0 Å². The van der Waals surface area contributed by atoms with Gasteiger partial charge >= 0.3 is 0 Å². The summed E-state index contributed by atoms with van der Waals surface area (Å²) in [5, 5.41) is 0. The van der Waals surface area contributed by atoms with Crippen molar-refractivity contribution in [2.24, 2.45) is 0 Å². The quantitative estimate of drug-likeness (QED) is 0.806. The molecule has 1 aliphatic carbocycles. The lowest BCUT2D eigenvalue weighted by Gasteiger charge is -2.34. The van der Waals surface area contributed by atoms with Gasteiger partial charge in [-0.15, -0.1) is 0 Å². The lowest BCUT2D eigenvalue weighted by Crippen LogP contribution is -2.41. The molecule has 7 heteroatoms. The highest BCUT2D eigenvalue weighted by Crippen LogP contribution is 2.26. The predicted octanol–water partition coefficient (Wildman–Crippen LogP) is 2.38. The van der Waals surface area contributed by atoms with Crippen molar-refractivity contribution in [3.63, 3.8) is 0 Å². The zero-order valence-electron chi connectivity index (χ0n) is 10.3. The summed E-state index contributed by atoms with van der Waals surface area (Å²) in [5.74, 6) is -1.20. The minimum absolute atomic E-state index is 0.00590. The van der Waals surface area contributed by atoms with Gasteiger partial charge in [0, 0.05) is 29.3 Å². The molecule has 4 nitrogen and oxygen atoms in total. The first-order valence-electron chi connectivity index (χ1n) is 5.81. The summed E-state index contributed by atoms with van der Waals surface area (Å²) in [5.41, 5.74) is -0.00590. The molecule has 0 N–H and O–H groups in total. The van der Waals surface area contributed by atoms with Crippen LogP contribution < -0.4 is 0 Å². The van der Waals surface area contributed by atoms with Crippen LogP contribution in [0.2, 0.25) is 0 Å². The van der Waals surface area contributed by atoms with Gasteiger partial charge in [-0.25, -0.2) is 12.8 Å². The van der Waals surface area contributed by atoms with Gasteiger partial charge < -0.3 is 4.90 Å². The molecule has 0 aromatic heterocycles. The van der Waals surface area contributed by atoms with Crippen molar-refractivity contribution in [1.82, 2.24) is 4.90 Å². The maximum Gasteiger partial charge on any atom is 0.261 e. The first kappa shape index (κ1) is 14.3. The molecule has 1 aromatic rings. The van der Waals surface area contributed by atoms with E-state index in [1.54, 1.807) is 7.05 Å². The van der Waals surface area contributed by atoms with E-state index in [4.69, 9.17) is 10.7 Å². The van der Waals surface area contributed by atoms with Gasteiger partial charge in [-0.3, -0.25) is 4.79 Å². The molecular formula is C12H13ClFNO3S. The molecule has 1 fully saturated rings. The van der Waals surface area contributed by atoms with E-state index in [1.807, 2.05) is 0 Å². The molecule has 0 aliphatic heterocycles. The van der Waals surface area contributed by atoms with Crippen LogP contribution in [0.5, 0.6) is 0 Å². The largest absolute Gasteiger partial charge is 0.339 e. The molecule has 0 spiro atoms. The fourth-order valence-corrected chi connectivity index (χ4v) is 2.76. The molecular weight excluding hydrogens is 293 g/mol. The number of carbonyl (C=O) groups excluding carboxylic acids is 1.